The van der Waals surface area contributed by atoms with Crippen LogP contribution in [-0.4, -0.2) is 9.97 Å². The van der Waals surface area contributed by atoms with E-state index in [1.54, 1.807) is 18.5 Å². The molecule has 2 aromatic carbocycles. The van der Waals surface area contributed by atoms with Crippen LogP contribution in [0, 0.1) is 0 Å². The average molecular weight is 274 g/mol. The molecule has 0 amide bonds. The largest absolute Gasteiger partial charge is 0.416 e. The molecule has 0 saturated heterocycles. The maximum Gasteiger partial charge on any atom is 0.416 e. The molecule has 0 radical (unpaired) electrons. The molecule has 0 aliphatic carbocycles. The number of hydrogen-bond acceptors (Lipinski definition) is 2. The van der Waals surface area contributed by atoms with Gasteiger partial charge in [0, 0.05) is 12.4 Å². The highest BCUT2D eigenvalue weighted by Gasteiger charge is 2.29. The van der Waals surface area contributed by atoms with Crippen molar-refractivity contribution in [2.45, 2.75) is 6.18 Å². The fourth-order valence-corrected chi connectivity index (χ4v) is 1.99. The zero-order chi connectivity index (χ0) is 14.2. The molecule has 3 aromatic rings. The van der Waals surface area contributed by atoms with Gasteiger partial charge in [0.1, 0.15) is 0 Å². The minimum Gasteiger partial charge on any atom is -0.253 e. The van der Waals surface area contributed by atoms with E-state index in [9.17, 15) is 13.2 Å². The standard InChI is InChI=1S/C15H9F3N2/c16-15(17,18)12-4-1-10(2-5-12)11-3-6-13-14(9-11)20-8-7-19-13/h1-9H. The van der Waals surface area contributed by atoms with Crippen molar-refractivity contribution in [2.75, 3.05) is 0 Å². The van der Waals surface area contributed by atoms with Crippen LogP contribution in [-0.2, 0) is 6.18 Å². The Labute approximate surface area is 112 Å². The second-order valence-electron chi connectivity index (χ2n) is 4.33. The SMILES string of the molecule is FC(F)(F)c1ccc(-c2ccc3nccnc3c2)cc1. The van der Waals surface area contributed by atoms with Crippen LogP contribution >= 0.6 is 0 Å². The van der Waals surface area contributed by atoms with Crippen molar-refractivity contribution >= 4 is 11.0 Å². The minimum atomic E-state index is -4.31. The van der Waals surface area contributed by atoms with Gasteiger partial charge in [0.15, 0.2) is 0 Å². The predicted molar refractivity (Wildman–Crippen MR) is 70.0 cm³/mol. The van der Waals surface area contributed by atoms with Gasteiger partial charge in [0.05, 0.1) is 16.6 Å². The second-order valence-corrected chi connectivity index (χ2v) is 4.33. The molecule has 0 fully saturated rings. The van der Waals surface area contributed by atoms with Crippen LogP contribution in [0.15, 0.2) is 54.9 Å². The Bertz CT molecular complexity index is 749. The lowest BCUT2D eigenvalue weighted by Gasteiger charge is -2.08. The summed E-state index contributed by atoms with van der Waals surface area (Å²) in [7, 11) is 0. The fourth-order valence-electron chi connectivity index (χ4n) is 1.99. The zero-order valence-corrected chi connectivity index (χ0v) is 10.2. The van der Waals surface area contributed by atoms with Crippen molar-refractivity contribution in [3.8, 4) is 11.1 Å². The van der Waals surface area contributed by atoms with Gasteiger partial charge >= 0.3 is 6.18 Å². The molecule has 0 bridgehead atoms. The highest BCUT2D eigenvalue weighted by Crippen LogP contribution is 2.31. The number of benzene rings is 2. The summed E-state index contributed by atoms with van der Waals surface area (Å²) in [4.78, 5) is 8.33. The van der Waals surface area contributed by atoms with E-state index in [0.29, 0.717) is 11.1 Å². The minimum absolute atomic E-state index is 0.651. The van der Waals surface area contributed by atoms with Crippen LogP contribution in [0.25, 0.3) is 22.2 Å². The Morgan fingerprint density at radius 3 is 1.95 bits per heavy atom. The van der Waals surface area contributed by atoms with E-state index in [1.165, 1.54) is 12.1 Å². The van der Waals surface area contributed by atoms with Crippen LogP contribution < -0.4 is 0 Å². The molecule has 0 spiro atoms. The lowest BCUT2D eigenvalue weighted by molar-refractivity contribution is -0.137. The Kier molecular flexibility index (Phi) is 2.89. The van der Waals surface area contributed by atoms with Gasteiger partial charge in [0.2, 0.25) is 0 Å². The number of alkyl halides is 3. The first-order chi connectivity index (χ1) is 9.54. The topological polar surface area (TPSA) is 25.8 Å². The molecular formula is C15H9F3N2. The van der Waals surface area contributed by atoms with Gasteiger partial charge < -0.3 is 0 Å². The summed E-state index contributed by atoms with van der Waals surface area (Å²) in [5, 5.41) is 0. The highest BCUT2D eigenvalue weighted by molar-refractivity contribution is 5.81. The van der Waals surface area contributed by atoms with Crippen molar-refractivity contribution in [3.05, 3.63) is 60.4 Å². The third kappa shape index (κ3) is 2.34. The Hall–Kier alpha value is -2.43. The van der Waals surface area contributed by atoms with Crippen LogP contribution in [0.3, 0.4) is 0 Å². The lowest BCUT2D eigenvalue weighted by atomic mass is 10.0. The lowest BCUT2D eigenvalue weighted by Crippen LogP contribution is -2.03. The summed E-state index contributed by atoms with van der Waals surface area (Å²) in [6.45, 7) is 0. The summed E-state index contributed by atoms with van der Waals surface area (Å²) in [6.07, 6.45) is -1.13. The van der Waals surface area contributed by atoms with Gasteiger partial charge in [0.25, 0.3) is 0 Å². The third-order valence-corrected chi connectivity index (χ3v) is 3.01. The van der Waals surface area contributed by atoms with Crippen LogP contribution in [0.1, 0.15) is 5.56 Å². The molecule has 0 aliphatic rings. The molecule has 5 heteroatoms. The first-order valence-electron chi connectivity index (χ1n) is 5.92. The molecule has 100 valence electrons. The number of halogens is 3. The van der Waals surface area contributed by atoms with Gasteiger partial charge in [-0.1, -0.05) is 18.2 Å². The van der Waals surface area contributed by atoms with E-state index >= 15 is 0 Å². The smallest absolute Gasteiger partial charge is 0.253 e. The highest BCUT2D eigenvalue weighted by atomic mass is 19.4. The molecule has 0 aliphatic heterocycles. The summed E-state index contributed by atoms with van der Waals surface area (Å²) >= 11 is 0. The van der Waals surface area contributed by atoms with Crippen LogP contribution in [0.5, 0.6) is 0 Å². The molecule has 3 rings (SSSR count). The maximum absolute atomic E-state index is 12.5. The number of hydrogen-bond donors (Lipinski definition) is 0. The van der Waals surface area contributed by atoms with E-state index < -0.39 is 11.7 Å². The maximum atomic E-state index is 12.5. The van der Waals surface area contributed by atoms with Crippen LogP contribution in [0.4, 0.5) is 13.2 Å². The van der Waals surface area contributed by atoms with E-state index in [1.807, 2.05) is 12.1 Å². The van der Waals surface area contributed by atoms with E-state index in [4.69, 9.17) is 0 Å². The molecule has 2 nitrogen and oxygen atoms in total. The van der Waals surface area contributed by atoms with E-state index in [0.717, 1.165) is 23.2 Å². The summed E-state index contributed by atoms with van der Waals surface area (Å²) in [5.74, 6) is 0. The van der Waals surface area contributed by atoms with Crippen LogP contribution in [0.2, 0.25) is 0 Å². The van der Waals surface area contributed by atoms with Crippen molar-refractivity contribution in [3.63, 3.8) is 0 Å². The third-order valence-electron chi connectivity index (χ3n) is 3.01. The van der Waals surface area contributed by atoms with Gasteiger partial charge in [-0.2, -0.15) is 13.2 Å². The fraction of sp³-hybridized carbons (Fsp3) is 0.0667. The van der Waals surface area contributed by atoms with Crippen molar-refractivity contribution in [1.82, 2.24) is 9.97 Å². The van der Waals surface area contributed by atoms with Crippen molar-refractivity contribution < 1.29 is 13.2 Å². The quantitative estimate of drug-likeness (QED) is 0.660. The number of fused-ring (bicyclic) bond motifs is 1. The summed E-state index contributed by atoms with van der Waals surface area (Å²) < 4.78 is 37.5. The number of aromatic nitrogens is 2. The molecule has 20 heavy (non-hydrogen) atoms. The molecule has 1 heterocycles. The Morgan fingerprint density at radius 2 is 1.30 bits per heavy atom. The van der Waals surface area contributed by atoms with E-state index in [2.05, 4.69) is 9.97 Å². The number of rotatable bonds is 1. The van der Waals surface area contributed by atoms with Crippen molar-refractivity contribution in [2.24, 2.45) is 0 Å². The Balaban J connectivity index is 2.02. The normalized spacial score (nSPS) is 11.8. The van der Waals surface area contributed by atoms with Gasteiger partial charge in [-0.3, -0.25) is 9.97 Å². The first-order valence-corrected chi connectivity index (χ1v) is 5.92. The average Bonchev–Trinajstić information content (AvgIpc) is 2.46. The van der Waals surface area contributed by atoms with E-state index in [-0.39, 0.29) is 0 Å². The molecule has 0 atom stereocenters. The molecule has 0 saturated carbocycles. The Morgan fingerprint density at radius 1 is 0.700 bits per heavy atom. The van der Waals surface area contributed by atoms with Gasteiger partial charge in [-0.05, 0) is 35.4 Å². The van der Waals surface area contributed by atoms with Crippen molar-refractivity contribution in [1.29, 1.82) is 0 Å². The molecular weight excluding hydrogens is 265 g/mol. The molecule has 0 N–H and O–H groups in total. The zero-order valence-electron chi connectivity index (χ0n) is 10.2. The van der Waals surface area contributed by atoms with Gasteiger partial charge in [-0.25, -0.2) is 0 Å². The second kappa shape index (κ2) is 4.59. The molecule has 0 unspecified atom stereocenters. The van der Waals surface area contributed by atoms with Gasteiger partial charge in [-0.15, -0.1) is 0 Å². The molecule has 1 aromatic heterocycles. The predicted octanol–water partition coefficient (Wildman–Crippen LogP) is 4.32. The summed E-state index contributed by atoms with van der Waals surface area (Å²) in [6, 6.07) is 10.5. The first kappa shape index (κ1) is 12.6. The monoisotopic (exact) mass is 274 g/mol. The summed E-state index contributed by atoms with van der Waals surface area (Å²) in [5.41, 5.74) is 2.34. The number of nitrogens with zero attached hydrogens (tertiary/aromatic N) is 2.